The van der Waals surface area contributed by atoms with Gasteiger partial charge in [0, 0.05) is 36.8 Å². The number of hydrogen-bond acceptors (Lipinski definition) is 7. The Morgan fingerprint density at radius 3 is 2.49 bits per heavy atom. The molecule has 2 aromatic carbocycles. The Labute approximate surface area is 206 Å². The van der Waals surface area contributed by atoms with E-state index in [1.165, 1.54) is 11.3 Å². The fourth-order valence-electron chi connectivity index (χ4n) is 4.38. The number of nitrogens with zero attached hydrogens (tertiary/aromatic N) is 3. The summed E-state index contributed by atoms with van der Waals surface area (Å²) in [6.07, 6.45) is 1.32. The van der Waals surface area contributed by atoms with Crippen LogP contribution in [-0.2, 0) is 4.79 Å². The smallest absolute Gasteiger partial charge is 0.277 e. The monoisotopic (exact) mass is 490 g/mol. The molecule has 3 heterocycles. The Bertz CT molecular complexity index is 1420. The third-order valence-electron chi connectivity index (χ3n) is 6.26. The summed E-state index contributed by atoms with van der Waals surface area (Å²) in [5.74, 6) is 1.81. The number of piperidine rings is 1. The van der Waals surface area contributed by atoms with E-state index in [2.05, 4.69) is 10.2 Å². The summed E-state index contributed by atoms with van der Waals surface area (Å²) in [4.78, 5) is 33.3. The van der Waals surface area contributed by atoms with Crippen molar-refractivity contribution < 1.29 is 14.3 Å². The molecule has 1 aliphatic rings. The maximum absolute atomic E-state index is 13.5. The van der Waals surface area contributed by atoms with E-state index in [-0.39, 0.29) is 17.4 Å². The predicted molar refractivity (Wildman–Crippen MR) is 138 cm³/mol. The molecule has 0 unspecified atom stereocenters. The van der Waals surface area contributed by atoms with Gasteiger partial charge in [-0.3, -0.25) is 9.59 Å². The van der Waals surface area contributed by atoms with Crippen molar-refractivity contribution in [2.75, 3.05) is 37.5 Å². The zero-order valence-electron chi connectivity index (χ0n) is 19.6. The molecule has 4 aromatic rings. The minimum Gasteiger partial charge on any atom is -0.497 e. The molecule has 0 spiro atoms. The fraction of sp³-hybridized carbons (Fsp3) is 0.269. The molecule has 35 heavy (non-hydrogen) atoms. The van der Waals surface area contributed by atoms with Crippen molar-refractivity contribution in [3.05, 3.63) is 70.3 Å². The number of nitrogens with one attached hydrogen (secondary N) is 1. The first kappa shape index (κ1) is 22.9. The Morgan fingerprint density at radius 1 is 1.03 bits per heavy atom. The molecule has 1 fully saturated rings. The summed E-state index contributed by atoms with van der Waals surface area (Å²) < 4.78 is 12.9. The van der Waals surface area contributed by atoms with Crippen LogP contribution in [0.15, 0.2) is 64.8 Å². The van der Waals surface area contributed by atoms with Gasteiger partial charge in [0.2, 0.25) is 11.9 Å². The highest BCUT2D eigenvalue weighted by atomic mass is 32.1. The largest absolute Gasteiger partial charge is 0.497 e. The highest BCUT2D eigenvalue weighted by Gasteiger charge is 2.28. The van der Waals surface area contributed by atoms with Gasteiger partial charge in [-0.1, -0.05) is 12.1 Å². The van der Waals surface area contributed by atoms with Gasteiger partial charge in [-0.05, 0) is 48.6 Å². The lowest BCUT2D eigenvalue weighted by molar-refractivity contribution is -0.120. The maximum Gasteiger partial charge on any atom is 0.277 e. The third-order valence-corrected chi connectivity index (χ3v) is 7.15. The van der Waals surface area contributed by atoms with Crippen LogP contribution in [0.3, 0.4) is 0 Å². The van der Waals surface area contributed by atoms with Crippen molar-refractivity contribution in [1.29, 1.82) is 0 Å². The van der Waals surface area contributed by atoms with Crippen LogP contribution < -0.4 is 25.2 Å². The lowest BCUT2D eigenvalue weighted by Gasteiger charge is -2.33. The molecule has 180 valence electrons. The van der Waals surface area contributed by atoms with E-state index in [9.17, 15) is 9.59 Å². The van der Waals surface area contributed by atoms with Crippen LogP contribution in [0.2, 0.25) is 0 Å². The number of anilines is 2. The number of rotatable bonds is 6. The topological polar surface area (TPSA) is 85.7 Å². The van der Waals surface area contributed by atoms with E-state index in [4.69, 9.17) is 14.5 Å². The number of benzene rings is 2. The van der Waals surface area contributed by atoms with E-state index in [1.807, 2.05) is 53.9 Å². The van der Waals surface area contributed by atoms with E-state index in [1.54, 1.807) is 24.9 Å². The number of thiophene rings is 1. The quantitative estimate of drug-likeness (QED) is 0.433. The minimum atomic E-state index is -0.126. The van der Waals surface area contributed by atoms with Gasteiger partial charge in [-0.15, -0.1) is 11.3 Å². The Kier molecular flexibility index (Phi) is 6.41. The molecule has 1 amide bonds. The van der Waals surface area contributed by atoms with E-state index in [0.29, 0.717) is 65.0 Å². The molecule has 1 aliphatic heterocycles. The summed E-state index contributed by atoms with van der Waals surface area (Å²) in [5.41, 5.74) is 2.00. The number of ether oxygens (including phenoxy) is 2. The van der Waals surface area contributed by atoms with Gasteiger partial charge < -0.3 is 19.7 Å². The molecule has 0 bridgehead atoms. The normalized spacial score (nSPS) is 14.2. The highest BCUT2D eigenvalue weighted by Crippen LogP contribution is 2.28. The summed E-state index contributed by atoms with van der Waals surface area (Å²) in [6.45, 7) is 1.23. The second-order valence-electron chi connectivity index (χ2n) is 8.37. The van der Waals surface area contributed by atoms with Crippen molar-refractivity contribution in [1.82, 2.24) is 9.55 Å². The number of methoxy groups -OCH3 is 2. The van der Waals surface area contributed by atoms with Gasteiger partial charge in [-0.25, -0.2) is 9.55 Å². The molecule has 5 rings (SSSR count). The van der Waals surface area contributed by atoms with Gasteiger partial charge in [0.15, 0.2) is 0 Å². The van der Waals surface area contributed by atoms with Crippen LogP contribution in [0.1, 0.15) is 12.8 Å². The predicted octanol–water partition coefficient (Wildman–Crippen LogP) is 4.32. The van der Waals surface area contributed by atoms with Gasteiger partial charge >= 0.3 is 0 Å². The van der Waals surface area contributed by atoms with Crippen LogP contribution in [0.4, 0.5) is 11.6 Å². The number of fused-ring (bicyclic) bond motifs is 1. The lowest BCUT2D eigenvalue weighted by Crippen LogP contribution is -2.41. The molecule has 1 saturated heterocycles. The summed E-state index contributed by atoms with van der Waals surface area (Å²) >= 11 is 1.39. The Hall–Kier alpha value is -3.85. The van der Waals surface area contributed by atoms with Gasteiger partial charge in [0.05, 0.1) is 25.4 Å². The maximum atomic E-state index is 13.5. The first-order chi connectivity index (χ1) is 17.1. The number of aromatic nitrogens is 2. The van der Waals surface area contributed by atoms with Crippen molar-refractivity contribution in [2.45, 2.75) is 12.8 Å². The number of carbonyl (C=O) groups excluding carboxylic acids is 1. The Balaban J connectivity index is 1.39. The molecule has 0 radical (unpaired) electrons. The van der Waals surface area contributed by atoms with Crippen molar-refractivity contribution in [2.24, 2.45) is 5.92 Å². The average molecular weight is 491 g/mol. The Morgan fingerprint density at radius 2 is 1.74 bits per heavy atom. The molecule has 0 atom stereocenters. The SMILES string of the molecule is COc1cccc(NC(=O)C2CCN(c3nc4ccsc4c(=O)n3-c3cccc(OC)c3)CC2)c1. The minimum absolute atomic E-state index is 0.00987. The molecule has 0 aliphatic carbocycles. The first-order valence-electron chi connectivity index (χ1n) is 11.4. The van der Waals surface area contributed by atoms with Gasteiger partial charge in [-0.2, -0.15) is 0 Å². The summed E-state index contributed by atoms with van der Waals surface area (Å²) in [7, 11) is 3.20. The average Bonchev–Trinajstić information content (AvgIpc) is 3.38. The van der Waals surface area contributed by atoms with Crippen LogP contribution >= 0.6 is 11.3 Å². The molecule has 8 nitrogen and oxygen atoms in total. The molecule has 0 saturated carbocycles. The first-order valence-corrected chi connectivity index (χ1v) is 12.3. The molecular weight excluding hydrogens is 464 g/mol. The second kappa shape index (κ2) is 9.79. The molecule has 2 aromatic heterocycles. The summed E-state index contributed by atoms with van der Waals surface area (Å²) in [6, 6.07) is 16.6. The number of carbonyl (C=O) groups is 1. The standard InChI is InChI=1S/C26H26N4O4S/c1-33-20-7-3-5-18(15-20)27-24(31)17-9-12-29(13-10-17)26-28-22-11-14-35-23(22)25(32)30(26)19-6-4-8-21(16-19)34-2/h3-8,11,14-17H,9-10,12-13H2,1-2H3,(H,27,31). The van der Waals surface area contributed by atoms with Crippen LogP contribution in [-0.4, -0.2) is 42.8 Å². The van der Waals surface area contributed by atoms with Crippen LogP contribution in [0.25, 0.3) is 15.9 Å². The van der Waals surface area contributed by atoms with Crippen molar-refractivity contribution in [3.63, 3.8) is 0 Å². The van der Waals surface area contributed by atoms with E-state index >= 15 is 0 Å². The van der Waals surface area contributed by atoms with Crippen molar-refractivity contribution >= 4 is 39.1 Å². The number of amides is 1. The zero-order valence-corrected chi connectivity index (χ0v) is 20.4. The molecule has 9 heteroatoms. The molecule has 1 N–H and O–H groups in total. The van der Waals surface area contributed by atoms with Gasteiger partial charge in [0.1, 0.15) is 16.2 Å². The van der Waals surface area contributed by atoms with Crippen LogP contribution in [0, 0.1) is 5.92 Å². The number of hydrogen-bond donors (Lipinski definition) is 1. The second-order valence-corrected chi connectivity index (χ2v) is 9.29. The van der Waals surface area contributed by atoms with E-state index < -0.39 is 0 Å². The summed E-state index contributed by atoms with van der Waals surface area (Å²) in [5, 5.41) is 4.88. The fourth-order valence-corrected chi connectivity index (χ4v) is 5.14. The lowest BCUT2D eigenvalue weighted by atomic mass is 9.96. The van der Waals surface area contributed by atoms with Crippen LogP contribution in [0.5, 0.6) is 11.5 Å². The molecular formula is C26H26N4O4S. The highest BCUT2D eigenvalue weighted by molar-refractivity contribution is 7.17. The third kappa shape index (κ3) is 4.59. The van der Waals surface area contributed by atoms with Gasteiger partial charge in [0.25, 0.3) is 5.56 Å². The zero-order chi connectivity index (χ0) is 24.4. The van der Waals surface area contributed by atoms with E-state index in [0.717, 1.165) is 0 Å². The van der Waals surface area contributed by atoms with Crippen molar-refractivity contribution in [3.8, 4) is 17.2 Å².